The van der Waals surface area contributed by atoms with Crippen LogP contribution in [0.1, 0.15) is 34.2 Å². The predicted molar refractivity (Wildman–Crippen MR) is 117 cm³/mol. The summed E-state index contributed by atoms with van der Waals surface area (Å²) < 4.78 is 13.3. The fourth-order valence-corrected chi connectivity index (χ4v) is 3.25. The predicted octanol–water partition coefficient (Wildman–Crippen LogP) is 4.15. The summed E-state index contributed by atoms with van der Waals surface area (Å²) in [6.45, 7) is 7.88. The molecule has 6 heteroatoms. The number of amides is 1. The Morgan fingerprint density at radius 2 is 1.87 bits per heavy atom. The van der Waals surface area contributed by atoms with Crippen LogP contribution in [0, 0.1) is 19.8 Å². The van der Waals surface area contributed by atoms with Crippen molar-refractivity contribution < 1.29 is 14.3 Å². The second-order valence-corrected chi connectivity index (χ2v) is 7.56. The molecule has 0 aliphatic rings. The number of ether oxygens (including phenoxy) is 2. The van der Waals surface area contributed by atoms with Crippen LogP contribution in [-0.2, 0) is 13.2 Å². The van der Waals surface area contributed by atoms with Crippen molar-refractivity contribution in [2.75, 3.05) is 13.7 Å². The fraction of sp³-hybridized carbons (Fsp3) is 0.333. The van der Waals surface area contributed by atoms with Crippen molar-refractivity contribution >= 4 is 5.91 Å². The van der Waals surface area contributed by atoms with Crippen LogP contribution < -0.4 is 14.8 Å². The maximum absolute atomic E-state index is 12.6. The van der Waals surface area contributed by atoms with E-state index in [1.54, 1.807) is 25.3 Å². The summed E-state index contributed by atoms with van der Waals surface area (Å²) in [6, 6.07) is 17.2. The molecule has 3 aromatic rings. The number of benzene rings is 2. The highest BCUT2D eigenvalue weighted by Gasteiger charge is 2.13. The number of nitrogens with one attached hydrogen (secondary N) is 1. The van der Waals surface area contributed by atoms with Gasteiger partial charge in [-0.2, -0.15) is 5.10 Å². The minimum Gasteiger partial charge on any atom is -0.493 e. The van der Waals surface area contributed by atoms with Gasteiger partial charge in [0, 0.05) is 24.3 Å². The lowest BCUT2D eigenvalue weighted by molar-refractivity contribution is 0.0946. The summed E-state index contributed by atoms with van der Waals surface area (Å²) in [6.07, 6.45) is 0. The first-order valence-electron chi connectivity index (χ1n) is 10.1. The SMILES string of the molecule is COc1cc(C(=O)NCC(C)Cn2nc(C)cc2C)ccc1OCc1ccccc1. The molecule has 30 heavy (non-hydrogen) atoms. The van der Waals surface area contributed by atoms with Gasteiger partial charge in [-0.1, -0.05) is 37.3 Å². The smallest absolute Gasteiger partial charge is 0.251 e. The van der Waals surface area contributed by atoms with E-state index in [0.717, 1.165) is 23.5 Å². The first kappa shape index (κ1) is 21.4. The molecule has 3 rings (SSSR count). The molecule has 0 bridgehead atoms. The van der Waals surface area contributed by atoms with Crippen molar-refractivity contribution in [3.8, 4) is 11.5 Å². The third kappa shape index (κ3) is 5.63. The highest BCUT2D eigenvalue weighted by Crippen LogP contribution is 2.29. The number of aryl methyl sites for hydroxylation is 2. The molecule has 2 aromatic carbocycles. The number of rotatable bonds is 9. The summed E-state index contributed by atoms with van der Waals surface area (Å²) in [5, 5.41) is 7.48. The molecule has 0 fully saturated rings. The van der Waals surface area contributed by atoms with Gasteiger partial charge in [0.05, 0.1) is 12.8 Å². The highest BCUT2D eigenvalue weighted by atomic mass is 16.5. The Kier molecular flexibility index (Phi) is 7.12. The van der Waals surface area contributed by atoms with E-state index in [4.69, 9.17) is 9.47 Å². The lowest BCUT2D eigenvalue weighted by atomic mass is 10.1. The van der Waals surface area contributed by atoms with Gasteiger partial charge >= 0.3 is 0 Å². The summed E-state index contributed by atoms with van der Waals surface area (Å²) in [5.74, 6) is 1.26. The maximum atomic E-state index is 12.6. The Labute approximate surface area is 177 Å². The number of carbonyl (C=O) groups excluding carboxylic acids is 1. The molecule has 1 aromatic heterocycles. The minimum absolute atomic E-state index is 0.136. The summed E-state index contributed by atoms with van der Waals surface area (Å²) in [5.41, 5.74) is 3.74. The fourth-order valence-electron chi connectivity index (χ4n) is 3.25. The van der Waals surface area contributed by atoms with Gasteiger partial charge in [-0.3, -0.25) is 9.48 Å². The number of hydrogen-bond acceptors (Lipinski definition) is 4. The average molecular weight is 408 g/mol. The molecule has 1 unspecified atom stereocenters. The zero-order valence-corrected chi connectivity index (χ0v) is 18.0. The number of aromatic nitrogens is 2. The number of carbonyl (C=O) groups is 1. The van der Waals surface area contributed by atoms with E-state index >= 15 is 0 Å². The van der Waals surface area contributed by atoms with E-state index in [1.165, 1.54) is 0 Å². The first-order valence-corrected chi connectivity index (χ1v) is 10.1. The third-order valence-corrected chi connectivity index (χ3v) is 4.86. The molecule has 0 spiro atoms. The van der Waals surface area contributed by atoms with Gasteiger partial charge in [0.2, 0.25) is 0 Å². The normalized spacial score (nSPS) is 11.7. The molecule has 0 aliphatic heterocycles. The van der Waals surface area contributed by atoms with Crippen LogP contribution in [0.4, 0.5) is 0 Å². The number of hydrogen-bond donors (Lipinski definition) is 1. The van der Waals surface area contributed by atoms with Gasteiger partial charge in [-0.05, 0) is 49.6 Å². The van der Waals surface area contributed by atoms with E-state index in [2.05, 4.69) is 23.4 Å². The lowest BCUT2D eigenvalue weighted by Gasteiger charge is -2.15. The molecule has 0 radical (unpaired) electrons. The van der Waals surface area contributed by atoms with E-state index in [1.807, 2.05) is 48.9 Å². The zero-order chi connectivity index (χ0) is 21.5. The summed E-state index contributed by atoms with van der Waals surface area (Å²) >= 11 is 0. The van der Waals surface area contributed by atoms with Crippen LogP contribution in [0.25, 0.3) is 0 Å². The summed E-state index contributed by atoms with van der Waals surface area (Å²) in [7, 11) is 1.57. The maximum Gasteiger partial charge on any atom is 0.251 e. The standard InChI is InChI=1S/C24H29N3O3/c1-17(15-27-19(3)12-18(2)26-27)14-25-24(28)21-10-11-22(23(13-21)29-4)30-16-20-8-6-5-7-9-20/h5-13,17H,14-16H2,1-4H3,(H,25,28). The van der Waals surface area contributed by atoms with Gasteiger partial charge in [0.1, 0.15) is 6.61 Å². The lowest BCUT2D eigenvalue weighted by Crippen LogP contribution is -2.30. The van der Waals surface area contributed by atoms with Gasteiger partial charge in [0.15, 0.2) is 11.5 Å². The van der Waals surface area contributed by atoms with Crippen molar-refractivity contribution in [1.82, 2.24) is 15.1 Å². The van der Waals surface area contributed by atoms with Crippen LogP contribution in [0.5, 0.6) is 11.5 Å². The Morgan fingerprint density at radius 1 is 1.10 bits per heavy atom. The molecular formula is C24H29N3O3. The van der Waals surface area contributed by atoms with Gasteiger partial charge < -0.3 is 14.8 Å². The molecule has 1 N–H and O–H groups in total. The Bertz CT molecular complexity index is 983. The minimum atomic E-state index is -0.136. The zero-order valence-electron chi connectivity index (χ0n) is 18.0. The Hall–Kier alpha value is -3.28. The Morgan fingerprint density at radius 3 is 2.53 bits per heavy atom. The average Bonchev–Trinajstić information content (AvgIpc) is 3.07. The monoisotopic (exact) mass is 407 g/mol. The van der Waals surface area contributed by atoms with E-state index in [9.17, 15) is 4.79 Å². The third-order valence-electron chi connectivity index (χ3n) is 4.86. The molecule has 0 saturated heterocycles. The topological polar surface area (TPSA) is 65.4 Å². The van der Waals surface area contributed by atoms with Crippen LogP contribution in [-0.4, -0.2) is 29.3 Å². The molecule has 1 amide bonds. The van der Waals surface area contributed by atoms with Crippen LogP contribution in [0.2, 0.25) is 0 Å². The number of nitrogens with zero attached hydrogens (tertiary/aromatic N) is 2. The van der Waals surface area contributed by atoms with Gasteiger partial charge in [0.25, 0.3) is 5.91 Å². The molecular weight excluding hydrogens is 378 g/mol. The van der Waals surface area contributed by atoms with Crippen LogP contribution >= 0.6 is 0 Å². The molecule has 0 aliphatic carbocycles. The van der Waals surface area contributed by atoms with E-state index in [0.29, 0.717) is 30.2 Å². The van der Waals surface area contributed by atoms with Crippen molar-refractivity contribution in [2.24, 2.45) is 5.92 Å². The Balaban J connectivity index is 1.56. The van der Waals surface area contributed by atoms with Crippen molar-refractivity contribution in [1.29, 1.82) is 0 Å². The largest absolute Gasteiger partial charge is 0.493 e. The van der Waals surface area contributed by atoms with Gasteiger partial charge in [-0.25, -0.2) is 0 Å². The highest BCUT2D eigenvalue weighted by molar-refractivity contribution is 5.94. The van der Waals surface area contributed by atoms with Crippen LogP contribution in [0.3, 0.4) is 0 Å². The van der Waals surface area contributed by atoms with Crippen LogP contribution in [0.15, 0.2) is 54.6 Å². The molecule has 0 saturated carbocycles. The quantitative estimate of drug-likeness (QED) is 0.579. The molecule has 1 atom stereocenters. The second-order valence-electron chi connectivity index (χ2n) is 7.56. The summed E-state index contributed by atoms with van der Waals surface area (Å²) in [4.78, 5) is 12.6. The van der Waals surface area contributed by atoms with Crippen molar-refractivity contribution in [3.63, 3.8) is 0 Å². The van der Waals surface area contributed by atoms with Crippen molar-refractivity contribution in [2.45, 2.75) is 33.9 Å². The van der Waals surface area contributed by atoms with Crippen molar-refractivity contribution in [3.05, 3.63) is 77.1 Å². The molecule has 158 valence electrons. The van der Waals surface area contributed by atoms with Gasteiger partial charge in [-0.15, -0.1) is 0 Å². The number of methoxy groups -OCH3 is 1. The van der Waals surface area contributed by atoms with E-state index in [-0.39, 0.29) is 11.8 Å². The molecule has 1 heterocycles. The molecule has 6 nitrogen and oxygen atoms in total. The first-order chi connectivity index (χ1) is 14.5. The second kappa shape index (κ2) is 9.96. The van der Waals surface area contributed by atoms with E-state index < -0.39 is 0 Å².